The number of halogens is 1. The second-order valence-electron chi connectivity index (χ2n) is 4.58. The van der Waals surface area contributed by atoms with Crippen LogP contribution in [0.1, 0.15) is 24.3 Å². The second-order valence-corrected chi connectivity index (χ2v) is 5.50. The molecule has 0 amide bonds. The Balaban J connectivity index is 2.07. The lowest BCUT2D eigenvalue weighted by Crippen LogP contribution is -2.41. The summed E-state index contributed by atoms with van der Waals surface area (Å²) in [6, 6.07) is 8.41. The number of rotatable bonds is 2. The minimum atomic E-state index is -0.136. The molecule has 1 aromatic carbocycles. The molecular formula is C13H14BrN3O. The fraction of sp³-hybridized carbons (Fsp3) is 0.385. The number of nitrogens with one attached hydrogen (secondary N) is 1. The summed E-state index contributed by atoms with van der Waals surface area (Å²) in [4.78, 5) is 0. The van der Waals surface area contributed by atoms with E-state index in [1.165, 1.54) is 12.0 Å². The van der Waals surface area contributed by atoms with E-state index in [1.54, 1.807) is 0 Å². The van der Waals surface area contributed by atoms with Crippen LogP contribution in [0.3, 0.4) is 0 Å². The van der Waals surface area contributed by atoms with Gasteiger partial charge in [-0.15, -0.1) is 10.2 Å². The van der Waals surface area contributed by atoms with Gasteiger partial charge in [0.25, 0.3) is 0 Å². The second kappa shape index (κ2) is 4.82. The highest BCUT2D eigenvalue weighted by molar-refractivity contribution is 9.10. The number of hydrogen-bond acceptors (Lipinski definition) is 4. The quantitative estimate of drug-likeness (QED) is 0.926. The van der Waals surface area contributed by atoms with E-state index in [4.69, 9.17) is 4.42 Å². The first-order chi connectivity index (χ1) is 8.81. The van der Waals surface area contributed by atoms with Crippen molar-refractivity contribution in [2.24, 2.45) is 0 Å². The maximum atomic E-state index is 5.50. The number of benzene rings is 1. The van der Waals surface area contributed by atoms with Gasteiger partial charge in [-0.25, -0.2) is 0 Å². The lowest BCUT2D eigenvalue weighted by atomic mass is 9.73. The van der Waals surface area contributed by atoms with Gasteiger partial charge < -0.3 is 9.73 Å². The van der Waals surface area contributed by atoms with Gasteiger partial charge in [-0.1, -0.05) is 28.1 Å². The first-order valence-corrected chi connectivity index (χ1v) is 6.84. The van der Waals surface area contributed by atoms with Crippen LogP contribution in [-0.2, 0) is 5.41 Å². The van der Waals surface area contributed by atoms with Crippen LogP contribution in [0.2, 0.25) is 0 Å². The molecule has 18 heavy (non-hydrogen) atoms. The maximum Gasteiger partial charge on any atom is 0.226 e. The predicted molar refractivity (Wildman–Crippen MR) is 71.3 cm³/mol. The van der Waals surface area contributed by atoms with E-state index in [-0.39, 0.29) is 5.41 Å². The molecular weight excluding hydrogens is 294 g/mol. The number of nitrogens with zero attached hydrogens (tertiary/aromatic N) is 2. The van der Waals surface area contributed by atoms with Crippen molar-refractivity contribution in [3.63, 3.8) is 0 Å². The molecule has 0 bridgehead atoms. The van der Waals surface area contributed by atoms with Gasteiger partial charge in [-0.3, -0.25) is 0 Å². The minimum Gasteiger partial charge on any atom is -0.427 e. The first-order valence-electron chi connectivity index (χ1n) is 6.05. The molecule has 0 unspecified atom stereocenters. The summed E-state index contributed by atoms with van der Waals surface area (Å²) in [5.74, 6) is 0.728. The van der Waals surface area contributed by atoms with Crippen LogP contribution in [-0.4, -0.2) is 23.3 Å². The normalized spacial score (nSPS) is 18.7. The van der Waals surface area contributed by atoms with E-state index in [0.29, 0.717) is 0 Å². The zero-order valence-electron chi connectivity index (χ0n) is 9.90. The molecule has 1 fully saturated rings. The van der Waals surface area contributed by atoms with Crippen molar-refractivity contribution in [2.75, 3.05) is 13.1 Å². The molecule has 0 spiro atoms. The zero-order chi connectivity index (χ0) is 12.4. The fourth-order valence-electron chi connectivity index (χ4n) is 2.63. The highest BCUT2D eigenvalue weighted by atomic mass is 79.9. The molecule has 1 saturated heterocycles. The van der Waals surface area contributed by atoms with Crippen LogP contribution in [0.4, 0.5) is 0 Å². The van der Waals surface area contributed by atoms with Gasteiger partial charge in [0.2, 0.25) is 12.3 Å². The molecule has 4 nitrogen and oxygen atoms in total. The third kappa shape index (κ3) is 1.97. The number of piperidine rings is 1. The maximum absolute atomic E-state index is 5.50. The average molecular weight is 308 g/mol. The summed E-state index contributed by atoms with van der Waals surface area (Å²) in [6.45, 7) is 1.94. The average Bonchev–Trinajstić information content (AvgIpc) is 2.95. The van der Waals surface area contributed by atoms with E-state index in [9.17, 15) is 0 Å². The summed E-state index contributed by atoms with van der Waals surface area (Å²) in [5.41, 5.74) is 1.11. The summed E-state index contributed by atoms with van der Waals surface area (Å²) in [5, 5.41) is 11.4. The standard InChI is InChI=1S/C13H14BrN3O/c14-11-3-1-10(2-4-11)13(5-7-15-8-6-13)12-17-16-9-18-12/h1-4,9,15H,5-8H2. The van der Waals surface area contributed by atoms with Gasteiger partial charge >= 0.3 is 0 Å². The molecule has 1 aromatic heterocycles. The monoisotopic (exact) mass is 307 g/mol. The van der Waals surface area contributed by atoms with Gasteiger partial charge in [0.15, 0.2) is 0 Å². The van der Waals surface area contributed by atoms with Crippen molar-refractivity contribution < 1.29 is 4.42 Å². The molecule has 0 atom stereocenters. The van der Waals surface area contributed by atoms with Crippen LogP contribution in [0, 0.1) is 0 Å². The summed E-state index contributed by atoms with van der Waals surface area (Å²) in [6.07, 6.45) is 3.38. The van der Waals surface area contributed by atoms with Crippen molar-refractivity contribution >= 4 is 15.9 Å². The highest BCUT2D eigenvalue weighted by Crippen LogP contribution is 2.39. The van der Waals surface area contributed by atoms with Crippen LogP contribution in [0.15, 0.2) is 39.5 Å². The van der Waals surface area contributed by atoms with Crippen molar-refractivity contribution in [1.29, 1.82) is 0 Å². The lowest BCUT2D eigenvalue weighted by molar-refractivity contribution is 0.291. The summed E-state index contributed by atoms with van der Waals surface area (Å²) in [7, 11) is 0. The van der Waals surface area contributed by atoms with Crippen molar-refractivity contribution in [3.8, 4) is 0 Å². The van der Waals surface area contributed by atoms with E-state index in [0.717, 1.165) is 36.3 Å². The fourth-order valence-corrected chi connectivity index (χ4v) is 2.89. The lowest BCUT2D eigenvalue weighted by Gasteiger charge is -2.35. The van der Waals surface area contributed by atoms with Crippen LogP contribution >= 0.6 is 15.9 Å². The minimum absolute atomic E-state index is 0.136. The third-order valence-corrected chi connectivity index (χ3v) is 4.15. The Kier molecular flexibility index (Phi) is 3.18. The molecule has 0 aliphatic carbocycles. The molecule has 3 rings (SSSR count). The molecule has 1 aliphatic rings. The van der Waals surface area contributed by atoms with Crippen molar-refractivity contribution in [1.82, 2.24) is 15.5 Å². The number of aromatic nitrogens is 2. The Morgan fingerprint density at radius 3 is 2.50 bits per heavy atom. The molecule has 94 valence electrons. The predicted octanol–water partition coefficient (Wildman–Crippen LogP) is 2.50. The zero-order valence-corrected chi connectivity index (χ0v) is 11.5. The van der Waals surface area contributed by atoms with Gasteiger partial charge in [0.05, 0.1) is 5.41 Å². The topological polar surface area (TPSA) is 51.0 Å². The number of hydrogen-bond donors (Lipinski definition) is 1. The van der Waals surface area contributed by atoms with Crippen molar-refractivity contribution in [2.45, 2.75) is 18.3 Å². The Morgan fingerprint density at radius 2 is 1.89 bits per heavy atom. The van der Waals surface area contributed by atoms with Gasteiger partial charge in [-0.05, 0) is 43.6 Å². The first kappa shape index (κ1) is 11.9. The Labute approximate surface area is 114 Å². The SMILES string of the molecule is Brc1ccc(C2(c3nnco3)CCNCC2)cc1. The van der Waals surface area contributed by atoms with Gasteiger partial charge in [0, 0.05) is 4.47 Å². The Morgan fingerprint density at radius 1 is 1.17 bits per heavy atom. The smallest absolute Gasteiger partial charge is 0.226 e. The largest absolute Gasteiger partial charge is 0.427 e. The Hall–Kier alpha value is -1.20. The van der Waals surface area contributed by atoms with Crippen LogP contribution in [0.25, 0.3) is 0 Å². The molecule has 2 aromatic rings. The van der Waals surface area contributed by atoms with Gasteiger partial charge in [0.1, 0.15) is 0 Å². The molecule has 5 heteroatoms. The molecule has 0 radical (unpaired) electrons. The van der Waals surface area contributed by atoms with E-state index < -0.39 is 0 Å². The summed E-state index contributed by atoms with van der Waals surface area (Å²) < 4.78 is 6.58. The molecule has 1 N–H and O–H groups in total. The molecule has 0 saturated carbocycles. The molecule has 1 aliphatic heterocycles. The van der Waals surface area contributed by atoms with E-state index in [1.807, 2.05) is 0 Å². The van der Waals surface area contributed by atoms with Crippen LogP contribution < -0.4 is 5.32 Å². The van der Waals surface area contributed by atoms with Gasteiger partial charge in [-0.2, -0.15) is 0 Å². The highest BCUT2D eigenvalue weighted by Gasteiger charge is 2.40. The summed E-state index contributed by atoms with van der Waals surface area (Å²) >= 11 is 3.47. The molecule has 2 heterocycles. The Bertz CT molecular complexity index is 504. The van der Waals surface area contributed by atoms with E-state index in [2.05, 4.69) is 55.7 Å². The third-order valence-electron chi connectivity index (χ3n) is 3.62. The van der Waals surface area contributed by atoms with E-state index >= 15 is 0 Å². The van der Waals surface area contributed by atoms with Crippen LogP contribution in [0.5, 0.6) is 0 Å². The van der Waals surface area contributed by atoms with Crippen molar-refractivity contribution in [3.05, 3.63) is 46.6 Å².